The lowest BCUT2D eigenvalue weighted by Crippen LogP contribution is -2.21. The summed E-state index contributed by atoms with van der Waals surface area (Å²) in [6.45, 7) is 0.888. The molecule has 1 saturated heterocycles. The molecule has 0 aromatic heterocycles. The van der Waals surface area contributed by atoms with Crippen molar-refractivity contribution in [1.82, 2.24) is 5.32 Å². The molecule has 1 aromatic carbocycles. The quantitative estimate of drug-likeness (QED) is 0.408. The van der Waals surface area contributed by atoms with Gasteiger partial charge in [0, 0.05) is 25.8 Å². The van der Waals surface area contributed by atoms with Gasteiger partial charge >= 0.3 is 11.9 Å². The molecule has 10 nitrogen and oxygen atoms in total. The van der Waals surface area contributed by atoms with E-state index < -0.39 is 11.9 Å². The van der Waals surface area contributed by atoms with Crippen LogP contribution in [0.2, 0.25) is 0 Å². The summed E-state index contributed by atoms with van der Waals surface area (Å²) >= 11 is 0. The molecule has 0 unspecified atom stereocenters. The normalized spacial score (nSPS) is 12.6. The highest BCUT2D eigenvalue weighted by Gasteiger charge is 2.05. The molecule has 7 N–H and O–H groups in total. The molecular weight excluding hydrogens is 394 g/mol. The van der Waals surface area contributed by atoms with E-state index in [4.69, 9.17) is 21.7 Å². The molecule has 1 aromatic rings. The topological polar surface area (TPSA) is 190 Å². The fraction of sp³-hybridized carbons (Fsp3) is 0.450. The Bertz CT molecular complexity index is 659. The molecule has 0 atom stereocenters. The first-order chi connectivity index (χ1) is 14.1. The van der Waals surface area contributed by atoms with Crippen LogP contribution in [0.25, 0.3) is 0 Å². The van der Waals surface area contributed by atoms with Gasteiger partial charge in [0.1, 0.15) is 0 Å². The number of rotatable bonds is 7. The molecule has 1 aliphatic heterocycles. The fourth-order valence-corrected chi connectivity index (χ4v) is 2.26. The summed E-state index contributed by atoms with van der Waals surface area (Å²) in [7, 11) is 0. The zero-order valence-corrected chi connectivity index (χ0v) is 16.8. The molecule has 30 heavy (non-hydrogen) atoms. The third kappa shape index (κ3) is 14.6. The van der Waals surface area contributed by atoms with Gasteiger partial charge in [-0.15, -0.1) is 0 Å². The molecule has 0 radical (unpaired) electrons. The molecule has 166 valence electrons. The van der Waals surface area contributed by atoms with E-state index in [1.807, 2.05) is 0 Å². The van der Waals surface area contributed by atoms with Crippen LogP contribution < -0.4 is 16.8 Å². The number of aromatic carboxylic acids is 2. The van der Waals surface area contributed by atoms with Crippen molar-refractivity contribution in [3.05, 3.63) is 35.4 Å². The van der Waals surface area contributed by atoms with Crippen LogP contribution in [0.4, 0.5) is 0 Å². The summed E-state index contributed by atoms with van der Waals surface area (Å²) in [5.41, 5.74) is 9.88. The largest absolute Gasteiger partial charge is 0.478 e. The van der Waals surface area contributed by atoms with E-state index in [1.54, 1.807) is 0 Å². The molecule has 2 rings (SSSR count). The van der Waals surface area contributed by atoms with Gasteiger partial charge in [0.15, 0.2) is 0 Å². The van der Waals surface area contributed by atoms with E-state index in [-0.39, 0.29) is 28.8 Å². The second-order valence-corrected chi connectivity index (χ2v) is 6.49. The van der Waals surface area contributed by atoms with Gasteiger partial charge in [0.25, 0.3) is 0 Å². The number of unbranched alkanes of at least 4 members (excludes halogenated alkanes) is 1. The predicted octanol–water partition coefficient (Wildman–Crippen LogP) is 1.28. The highest BCUT2D eigenvalue weighted by Crippen LogP contribution is 2.04. The number of benzene rings is 1. The highest BCUT2D eigenvalue weighted by atomic mass is 16.4. The summed E-state index contributed by atoms with van der Waals surface area (Å²) in [4.78, 5) is 51.5. The average Bonchev–Trinajstić information content (AvgIpc) is 2.93. The smallest absolute Gasteiger partial charge is 0.335 e. The Morgan fingerprint density at radius 1 is 0.800 bits per heavy atom. The first-order valence-corrected chi connectivity index (χ1v) is 9.53. The lowest BCUT2D eigenvalue weighted by Gasteiger charge is -1.94. The number of carboxylic acids is 2. The first-order valence-electron chi connectivity index (χ1n) is 9.53. The minimum Gasteiger partial charge on any atom is -0.478 e. The van der Waals surface area contributed by atoms with Crippen molar-refractivity contribution in [1.29, 1.82) is 0 Å². The van der Waals surface area contributed by atoms with Gasteiger partial charge < -0.3 is 27.0 Å². The van der Waals surface area contributed by atoms with Crippen LogP contribution in [0, 0.1) is 0 Å². The van der Waals surface area contributed by atoms with Crippen LogP contribution in [0.15, 0.2) is 24.3 Å². The molecule has 0 aliphatic carbocycles. The number of carbonyl (C=O) groups is 5. The number of carbonyl (C=O) groups excluding carboxylic acids is 3. The van der Waals surface area contributed by atoms with E-state index in [2.05, 4.69) is 5.32 Å². The molecule has 1 heterocycles. The van der Waals surface area contributed by atoms with Crippen molar-refractivity contribution < 1.29 is 34.2 Å². The standard InChI is InChI=1S/C8H6O4.C6H12N2O2.C6H11NO/c9-7(10)5-1-2-6(4-3-5)8(11)12;7-5(9)3-1-2-4-6(8)10;8-6-4-2-1-3-5-7-6/h1-4H,(H,9,10)(H,11,12);1-4H2,(H2,7,9)(H2,8,10);1-5H2,(H,7,8). The molecule has 10 heteroatoms. The number of carboxylic acid groups (broad SMARTS) is 2. The number of primary amides is 2. The minimum atomic E-state index is -1.06. The first kappa shape index (κ1) is 26.6. The molecule has 0 bridgehead atoms. The van der Waals surface area contributed by atoms with Crippen LogP contribution in [-0.2, 0) is 14.4 Å². The van der Waals surface area contributed by atoms with Gasteiger partial charge in [-0.05, 0) is 49.9 Å². The van der Waals surface area contributed by atoms with E-state index in [1.165, 1.54) is 30.7 Å². The van der Waals surface area contributed by atoms with Gasteiger partial charge in [0.05, 0.1) is 11.1 Å². The third-order valence-corrected chi connectivity index (χ3v) is 3.88. The number of nitrogens with two attached hydrogens (primary N) is 2. The van der Waals surface area contributed by atoms with Crippen LogP contribution >= 0.6 is 0 Å². The van der Waals surface area contributed by atoms with Gasteiger partial charge in [-0.25, -0.2) is 9.59 Å². The molecule has 1 fully saturated rings. The summed E-state index contributed by atoms with van der Waals surface area (Å²) < 4.78 is 0. The van der Waals surface area contributed by atoms with Crippen molar-refractivity contribution >= 4 is 29.7 Å². The summed E-state index contributed by atoms with van der Waals surface area (Å²) in [5, 5.41) is 19.7. The molecule has 1 aliphatic rings. The Balaban J connectivity index is 0.000000429. The van der Waals surface area contributed by atoms with Crippen LogP contribution in [0.5, 0.6) is 0 Å². The van der Waals surface area contributed by atoms with Crippen molar-refractivity contribution in [2.24, 2.45) is 11.5 Å². The zero-order chi connectivity index (χ0) is 22.9. The number of nitrogens with one attached hydrogen (secondary N) is 1. The lowest BCUT2D eigenvalue weighted by molar-refractivity contribution is -0.121. The number of hydrogen-bond acceptors (Lipinski definition) is 5. The average molecular weight is 423 g/mol. The monoisotopic (exact) mass is 423 g/mol. The van der Waals surface area contributed by atoms with E-state index >= 15 is 0 Å². The van der Waals surface area contributed by atoms with E-state index in [0.29, 0.717) is 25.7 Å². The molecule has 0 spiro atoms. The Hall–Kier alpha value is -3.43. The fourth-order valence-electron chi connectivity index (χ4n) is 2.26. The second kappa shape index (κ2) is 15.5. The Labute approximate surface area is 174 Å². The van der Waals surface area contributed by atoms with Gasteiger partial charge in [-0.1, -0.05) is 6.42 Å². The minimum absolute atomic E-state index is 0.0833. The lowest BCUT2D eigenvalue weighted by atomic mass is 10.1. The Morgan fingerprint density at radius 3 is 1.60 bits per heavy atom. The van der Waals surface area contributed by atoms with Crippen LogP contribution in [0.3, 0.4) is 0 Å². The van der Waals surface area contributed by atoms with Gasteiger partial charge in [-0.2, -0.15) is 0 Å². The Kier molecular flexibility index (Phi) is 13.7. The van der Waals surface area contributed by atoms with Crippen molar-refractivity contribution in [2.45, 2.75) is 51.4 Å². The van der Waals surface area contributed by atoms with Crippen molar-refractivity contribution in [3.8, 4) is 0 Å². The summed E-state index contributed by atoms with van der Waals surface area (Å²) in [6, 6.07) is 5.02. The van der Waals surface area contributed by atoms with E-state index in [0.717, 1.165) is 25.8 Å². The molecule has 3 amide bonds. The summed E-state index contributed by atoms with van der Waals surface area (Å²) in [5.74, 6) is -2.56. The van der Waals surface area contributed by atoms with E-state index in [9.17, 15) is 24.0 Å². The second-order valence-electron chi connectivity index (χ2n) is 6.49. The van der Waals surface area contributed by atoms with Crippen LogP contribution in [0.1, 0.15) is 72.1 Å². The highest BCUT2D eigenvalue weighted by molar-refractivity contribution is 5.91. The Morgan fingerprint density at radius 2 is 1.23 bits per heavy atom. The molecular formula is C20H29N3O7. The van der Waals surface area contributed by atoms with Crippen molar-refractivity contribution in [3.63, 3.8) is 0 Å². The number of hydrogen-bond donors (Lipinski definition) is 5. The maximum absolute atomic E-state index is 10.6. The third-order valence-electron chi connectivity index (χ3n) is 3.88. The predicted molar refractivity (Wildman–Crippen MR) is 109 cm³/mol. The maximum Gasteiger partial charge on any atom is 0.335 e. The zero-order valence-electron chi connectivity index (χ0n) is 16.8. The van der Waals surface area contributed by atoms with Crippen LogP contribution in [-0.4, -0.2) is 46.4 Å². The van der Waals surface area contributed by atoms with Gasteiger partial charge in [-0.3, -0.25) is 14.4 Å². The maximum atomic E-state index is 10.6. The SMILES string of the molecule is NC(=O)CCCCC(N)=O.O=C(O)c1ccc(C(=O)O)cc1.O=C1CCCCCN1. The molecule has 0 saturated carbocycles. The van der Waals surface area contributed by atoms with Gasteiger partial charge in [0.2, 0.25) is 17.7 Å². The summed E-state index contributed by atoms with van der Waals surface area (Å²) in [6.07, 6.45) is 6.16. The van der Waals surface area contributed by atoms with Crippen molar-refractivity contribution in [2.75, 3.05) is 6.54 Å². The number of amides is 3.